The fraction of sp³-hybridized carbons (Fsp3) is 0.625. The fourth-order valence-corrected chi connectivity index (χ4v) is 2.51. The summed E-state index contributed by atoms with van der Waals surface area (Å²) in [5.74, 6) is 0.277. The van der Waals surface area contributed by atoms with Crippen molar-refractivity contribution < 1.29 is 13.9 Å². The summed E-state index contributed by atoms with van der Waals surface area (Å²) in [4.78, 5) is 0. The number of nitrogens with one attached hydrogen (secondary N) is 1. The molecule has 1 saturated carbocycles. The molecule has 20 heavy (non-hydrogen) atoms. The molecule has 2 unspecified atom stereocenters. The average molecular weight is 279 g/mol. The van der Waals surface area contributed by atoms with Gasteiger partial charge in [-0.15, -0.1) is 0 Å². The molecule has 0 bridgehead atoms. The molecule has 1 aliphatic heterocycles. The van der Waals surface area contributed by atoms with Crippen LogP contribution in [0, 0.1) is 11.7 Å². The molecule has 1 aromatic rings. The van der Waals surface area contributed by atoms with E-state index >= 15 is 0 Å². The van der Waals surface area contributed by atoms with E-state index in [1.807, 2.05) is 6.07 Å². The molecule has 1 N–H and O–H groups in total. The van der Waals surface area contributed by atoms with Crippen LogP contribution in [0.2, 0.25) is 0 Å². The smallest absolute Gasteiger partial charge is 0.123 e. The van der Waals surface area contributed by atoms with Crippen molar-refractivity contribution in [2.75, 3.05) is 26.4 Å². The van der Waals surface area contributed by atoms with Crippen LogP contribution in [0.15, 0.2) is 24.3 Å². The Hall–Kier alpha value is -0.970. The molecule has 2 fully saturated rings. The first-order valence-electron chi connectivity index (χ1n) is 7.49. The van der Waals surface area contributed by atoms with E-state index < -0.39 is 0 Å². The largest absolute Gasteiger partial charge is 0.381 e. The van der Waals surface area contributed by atoms with Crippen LogP contribution in [0.1, 0.15) is 30.9 Å². The van der Waals surface area contributed by atoms with E-state index in [2.05, 4.69) is 5.32 Å². The van der Waals surface area contributed by atoms with Crippen molar-refractivity contribution in [3.8, 4) is 0 Å². The summed E-state index contributed by atoms with van der Waals surface area (Å²) < 4.78 is 24.8. The van der Waals surface area contributed by atoms with Gasteiger partial charge in [-0.25, -0.2) is 4.39 Å². The lowest BCUT2D eigenvalue weighted by molar-refractivity contribution is 0.0250. The minimum Gasteiger partial charge on any atom is -0.381 e. The Morgan fingerprint density at radius 1 is 1.35 bits per heavy atom. The third-order valence-electron chi connectivity index (χ3n) is 3.95. The minimum atomic E-state index is -0.202. The second-order valence-corrected chi connectivity index (χ2v) is 5.79. The Balaban J connectivity index is 1.59. The van der Waals surface area contributed by atoms with Gasteiger partial charge in [0.25, 0.3) is 0 Å². The molecular weight excluding hydrogens is 257 g/mol. The molecule has 4 heteroatoms. The average Bonchev–Trinajstić information content (AvgIpc) is 3.13. The molecule has 110 valence electrons. The summed E-state index contributed by atoms with van der Waals surface area (Å²) in [6.07, 6.45) is 3.47. The van der Waals surface area contributed by atoms with Crippen molar-refractivity contribution in [1.82, 2.24) is 5.32 Å². The predicted octanol–water partition coefficient (Wildman–Crippen LogP) is 2.67. The van der Waals surface area contributed by atoms with Gasteiger partial charge in [-0.05, 0) is 37.0 Å². The quantitative estimate of drug-likeness (QED) is 0.832. The van der Waals surface area contributed by atoms with Crippen molar-refractivity contribution in [3.63, 3.8) is 0 Å². The van der Waals surface area contributed by atoms with Crippen LogP contribution < -0.4 is 5.32 Å². The second kappa shape index (κ2) is 6.66. The summed E-state index contributed by atoms with van der Waals surface area (Å²) in [5.41, 5.74) is 0.914. The van der Waals surface area contributed by atoms with Crippen LogP contribution in [0.4, 0.5) is 4.39 Å². The maximum atomic E-state index is 13.4. The van der Waals surface area contributed by atoms with Gasteiger partial charge in [-0.3, -0.25) is 0 Å². The number of benzene rings is 1. The standard InChI is InChI=1S/C16H22FNO2/c17-14-3-1-2-13(8-14)16(9-18-15-4-5-15)20-11-12-6-7-19-10-12/h1-3,8,12,15-16,18H,4-7,9-11H2. The maximum absolute atomic E-state index is 13.4. The van der Waals surface area contributed by atoms with Gasteiger partial charge in [0.15, 0.2) is 0 Å². The Labute approximate surface area is 119 Å². The van der Waals surface area contributed by atoms with Gasteiger partial charge in [-0.1, -0.05) is 12.1 Å². The minimum absolute atomic E-state index is 0.0769. The lowest BCUT2D eigenvalue weighted by atomic mass is 10.1. The van der Waals surface area contributed by atoms with Gasteiger partial charge < -0.3 is 14.8 Å². The number of hydrogen-bond donors (Lipinski definition) is 1. The van der Waals surface area contributed by atoms with Gasteiger partial charge in [0.2, 0.25) is 0 Å². The van der Waals surface area contributed by atoms with Crippen molar-refractivity contribution in [3.05, 3.63) is 35.6 Å². The Morgan fingerprint density at radius 3 is 2.95 bits per heavy atom. The molecule has 3 nitrogen and oxygen atoms in total. The summed E-state index contributed by atoms with van der Waals surface area (Å²) in [6.45, 7) is 3.06. The maximum Gasteiger partial charge on any atom is 0.123 e. The van der Waals surface area contributed by atoms with Gasteiger partial charge in [-0.2, -0.15) is 0 Å². The van der Waals surface area contributed by atoms with Gasteiger partial charge in [0.05, 0.1) is 19.3 Å². The molecule has 0 aromatic heterocycles. The molecule has 0 radical (unpaired) electrons. The zero-order chi connectivity index (χ0) is 13.8. The summed E-state index contributed by atoms with van der Waals surface area (Å²) >= 11 is 0. The fourth-order valence-electron chi connectivity index (χ4n) is 2.51. The number of rotatable bonds is 7. The SMILES string of the molecule is Fc1cccc(C(CNC2CC2)OCC2CCOC2)c1. The highest BCUT2D eigenvalue weighted by molar-refractivity contribution is 5.19. The molecular formula is C16H22FNO2. The van der Waals surface area contributed by atoms with Crippen LogP contribution in [0.25, 0.3) is 0 Å². The lowest BCUT2D eigenvalue weighted by Gasteiger charge is -2.21. The van der Waals surface area contributed by atoms with Crippen LogP contribution in [-0.4, -0.2) is 32.4 Å². The third kappa shape index (κ3) is 4.01. The zero-order valence-corrected chi connectivity index (χ0v) is 11.7. The van der Waals surface area contributed by atoms with Crippen molar-refractivity contribution >= 4 is 0 Å². The van der Waals surface area contributed by atoms with Gasteiger partial charge in [0, 0.05) is 25.1 Å². The van der Waals surface area contributed by atoms with Crippen LogP contribution in [0.5, 0.6) is 0 Å². The summed E-state index contributed by atoms with van der Waals surface area (Å²) in [5, 5.41) is 3.47. The van der Waals surface area contributed by atoms with Crippen molar-refractivity contribution in [1.29, 1.82) is 0 Å². The zero-order valence-electron chi connectivity index (χ0n) is 11.7. The molecule has 3 rings (SSSR count). The van der Waals surface area contributed by atoms with E-state index in [0.29, 0.717) is 18.6 Å². The number of hydrogen-bond acceptors (Lipinski definition) is 3. The van der Waals surface area contributed by atoms with E-state index in [9.17, 15) is 4.39 Å². The number of halogens is 1. The first-order chi connectivity index (χ1) is 9.81. The topological polar surface area (TPSA) is 30.5 Å². The number of ether oxygens (including phenoxy) is 2. The molecule has 2 aliphatic rings. The van der Waals surface area contributed by atoms with E-state index in [1.54, 1.807) is 12.1 Å². The molecule has 0 amide bonds. The predicted molar refractivity (Wildman–Crippen MR) is 75.0 cm³/mol. The van der Waals surface area contributed by atoms with E-state index in [1.165, 1.54) is 18.9 Å². The van der Waals surface area contributed by atoms with E-state index in [-0.39, 0.29) is 11.9 Å². The van der Waals surface area contributed by atoms with Crippen LogP contribution >= 0.6 is 0 Å². The van der Waals surface area contributed by atoms with Crippen LogP contribution in [0.3, 0.4) is 0 Å². The second-order valence-electron chi connectivity index (χ2n) is 5.79. The molecule has 0 spiro atoms. The highest BCUT2D eigenvalue weighted by Gasteiger charge is 2.24. The highest BCUT2D eigenvalue weighted by Crippen LogP contribution is 2.24. The van der Waals surface area contributed by atoms with E-state index in [4.69, 9.17) is 9.47 Å². The first kappa shape index (κ1) is 14.0. The molecule has 1 heterocycles. The third-order valence-corrected chi connectivity index (χ3v) is 3.95. The first-order valence-corrected chi connectivity index (χ1v) is 7.49. The van der Waals surface area contributed by atoms with Gasteiger partial charge in [0.1, 0.15) is 5.82 Å². The molecule has 1 aliphatic carbocycles. The van der Waals surface area contributed by atoms with Gasteiger partial charge >= 0.3 is 0 Å². The normalized spacial score (nSPS) is 23.9. The lowest BCUT2D eigenvalue weighted by Crippen LogP contribution is -2.26. The Morgan fingerprint density at radius 2 is 2.25 bits per heavy atom. The monoisotopic (exact) mass is 279 g/mol. The Bertz CT molecular complexity index is 430. The highest BCUT2D eigenvalue weighted by atomic mass is 19.1. The van der Waals surface area contributed by atoms with Crippen molar-refractivity contribution in [2.45, 2.75) is 31.4 Å². The Kier molecular flexibility index (Phi) is 4.65. The summed E-state index contributed by atoms with van der Waals surface area (Å²) in [7, 11) is 0. The molecule has 1 aromatic carbocycles. The van der Waals surface area contributed by atoms with Crippen molar-refractivity contribution in [2.24, 2.45) is 5.92 Å². The summed E-state index contributed by atoms with van der Waals surface area (Å²) in [6, 6.07) is 7.36. The molecule has 2 atom stereocenters. The van der Waals surface area contributed by atoms with Crippen LogP contribution in [-0.2, 0) is 9.47 Å². The van der Waals surface area contributed by atoms with E-state index in [0.717, 1.165) is 31.7 Å². The molecule has 1 saturated heterocycles.